The highest BCUT2D eigenvalue weighted by atomic mass is 35.5. The second-order valence-electron chi connectivity index (χ2n) is 8.33. The molecule has 1 unspecified atom stereocenters. The van der Waals surface area contributed by atoms with Crippen LogP contribution in [0, 0.1) is 0 Å². The van der Waals surface area contributed by atoms with Gasteiger partial charge in [-0.2, -0.15) is 15.1 Å². The predicted molar refractivity (Wildman–Crippen MR) is 135 cm³/mol. The third-order valence-corrected chi connectivity index (χ3v) is 6.63. The van der Waals surface area contributed by atoms with Gasteiger partial charge in [0.15, 0.2) is 23.3 Å². The highest BCUT2D eigenvalue weighted by molar-refractivity contribution is 6.42. The van der Waals surface area contributed by atoms with Crippen molar-refractivity contribution < 1.29 is 9.13 Å². The van der Waals surface area contributed by atoms with Crippen LogP contribution in [0.5, 0.6) is 0 Å². The number of rotatable bonds is 6. The van der Waals surface area contributed by atoms with Crippen LogP contribution in [-0.2, 0) is 11.3 Å². The van der Waals surface area contributed by atoms with Gasteiger partial charge in [0, 0.05) is 13.1 Å². The van der Waals surface area contributed by atoms with Crippen molar-refractivity contribution in [3.05, 3.63) is 46.7 Å². The van der Waals surface area contributed by atoms with Crippen molar-refractivity contribution in [1.29, 1.82) is 0 Å². The van der Waals surface area contributed by atoms with Gasteiger partial charge in [0.05, 0.1) is 58.9 Å². The van der Waals surface area contributed by atoms with Crippen molar-refractivity contribution in [2.24, 2.45) is 0 Å². The Kier molecular flexibility index (Phi) is 5.86. The summed E-state index contributed by atoms with van der Waals surface area (Å²) in [5, 5.41) is 8.33. The van der Waals surface area contributed by atoms with Crippen LogP contribution in [0.4, 0.5) is 16.2 Å². The van der Waals surface area contributed by atoms with Crippen LogP contribution < -0.4 is 10.2 Å². The summed E-state index contributed by atoms with van der Waals surface area (Å²) in [6, 6.07) is 3.47. The van der Waals surface area contributed by atoms with Gasteiger partial charge < -0.3 is 19.9 Å². The number of ether oxygens (including phenoxy) is 1. The number of alkyl halides is 1. The number of aromatic amines is 1. The first-order chi connectivity index (χ1) is 17.5. The van der Waals surface area contributed by atoms with E-state index < -0.39 is 6.30 Å². The predicted octanol–water partition coefficient (Wildman–Crippen LogP) is 4.13. The molecule has 0 radical (unpaired) electrons. The molecule has 1 atom stereocenters. The molecule has 2 N–H and O–H groups in total. The molecule has 0 aliphatic carbocycles. The maximum Gasteiger partial charge on any atom is 0.229 e. The number of H-pyrrole nitrogens is 1. The van der Waals surface area contributed by atoms with E-state index in [1.54, 1.807) is 35.4 Å². The minimum absolute atomic E-state index is 0.350. The number of benzene rings is 1. The summed E-state index contributed by atoms with van der Waals surface area (Å²) in [6.07, 6.45) is 3.56. The summed E-state index contributed by atoms with van der Waals surface area (Å²) in [7, 11) is 0. The molecule has 14 heteroatoms. The van der Waals surface area contributed by atoms with Gasteiger partial charge in [-0.25, -0.2) is 19.0 Å². The first-order valence-electron chi connectivity index (χ1n) is 11.3. The van der Waals surface area contributed by atoms with Crippen LogP contribution in [-0.4, -0.2) is 65.6 Å². The number of hydrogen-bond acceptors (Lipinski definition) is 8. The molecule has 1 aromatic carbocycles. The van der Waals surface area contributed by atoms with Crippen molar-refractivity contribution in [3.63, 3.8) is 0 Å². The smallest absolute Gasteiger partial charge is 0.229 e. The van der Waals surface area contributed by atoms with Gasteiger partial charge >= 0.3 is 0 Å². The van der Waals surface area contributed by atoms with Gasteiger partial charge in [0.25, 0.3) is 0 Å². The quantitative estimate of drug-likeness (QED) is 0.336. The Labute approximate surface area is 214 Å². The van der Waals surface area contributed by atoms with Gasteiger partial charge in [-0.15, -0.1) is 0 Å². The fraction of sp³-hybridized carbons (Fsp3) is 0.318. The SMILES string of the molecule is CC(F)n1cc(-n2cnc3c(NCc4nc5cc(Cl)c(Cl)cc5[nH]4)nc(N4CCOCC4)nc32)cn1. The van der Waals surface area contributed by atoms with E-state index in [1.165, 1.54) is 11.6 Å². The molecule has 4 aromatic heterocycles. The van der Waals surface area contributed by atoms with Crippen LogP contribution in [0.1, 0.15) is 19.0 Å². The van der Waals surface area contributed by atoms with E-state index in [4.69, 9.17) is 37.9 Å². The molecule has 0 amide bonds. The van der Waals surface area contributed by atoms with Gasteiger partial charge in [-0.1, -0.05) is 23.2 Å². The molecule has 1 aliphatic heterocycles. The molecule has 5 heterocycles. The Hall–Kier alpha value is -3.48. The number of morpholine rings is 1. The zero-order valence-electron chi connectivity index (χ0n) is 19.1. The molecule has 0 bridgehead atoms. The van der Waals surface area contributed by atoms with Crippen molar-refractivity contribution in [2.75, 3.05) is 36.5 Å². The Balaban J connectivity index is 1.38. The molecule has 1 aliphatic rings. The third kappa shape index (κ3) is 4.21. The summed E-state index contributed by atoms with van der Waals surface area (Å²) < 4.78 is 22.2. The standard InChI is InChI=1S/C22H21Cl2FN10O/c1-12(25)35-10-13(8-28-35)34-11-27-19-20(31-22(32-21(19)34)33-2-4-36-5-3-33)26-9-18-29-16-6-14(23)15(24)7-17(16)30-18/h6-8,10-12H,2-5,9H2,1H3,(H,29,30)(H,26,31,32). The summed E-state index contributed by atoms with van der Waals surface area (Å²) in [5.41, 5.74) is 3.28. The molecule has 36 heavy (non-hydrogen) atoms. The topological polar surface area (TPSA) is 115 Å². The number of nitrogens with one attached hydrogen (secondary N) is 2. The summed E-state index contributed by atoms with van der Waals surface area (Å²) in [5.74, 6) is 1.77. The highest BCUT2D eigenvalue weighted by Gasteiger charge is 2.21. The minimum atomic E-state index is -1.25. The number of halogens is 3. The largest absolute Gasteiger partial charge is 0.378 e. The minimum Gasteiger partial charge on any atom is -0.378 e. The van der Waals surface area contributed by atoms with Gasteiger partial charge in [0.1, 0.15) is 12.2 Å². The molecular formula is C22H21Cl2FN10O. The Morgan fingerprint density at radius 3 is 2.75 bits per heavy atom. The van der Waals surface area contributed by atoms with Gasteiger partial charge in [0.2, 0.25) is 5.95 Å². The number of hydrogen-bond donors (Lipinski definition) is 2. The van der Waals surface area contributed by atoms with Crippen molar-refractivity contribution >= 4 is 57.2 Å². The van der Waals surface area contributed by atoms with E-state index in [-0.39, 0.29) is 0 Å². The summed E-state index contributed by atoms with van der Waals surface area (Å²) >= 11 is 12.3. The molecule has 1 saturated heterocycles. The lowest BCUT2D eigenvalue weighted by atomic mass is 10.3. The molecule has 1 fully saturated rings. The maximum atomic E-state index is 13.8. The number of fused-ring (bicyclic) bond motifs is 2. The van der Waals surface area contributed by atoms with Crippen molar-refractivity contribution in [1.82, 2.24) is 39.3 Å². The lowest BCUT2D eigenvalue weighted by Crippen LogP contribution is -2.37. The van der Waals surface area contributed by atoms with Crippen LogP contribution in [0.15, 0.2) is 30.9 Å². The van der Waals surface area contributed by atoms with Crippen LogP contribution in [0.25, 0.3) is 27.9 Å². The average molecular weight is 531 g/mol. The molecule has 186 valence electrons. The van der Waals surface area contributed by atoms with Crippen LogP contribution in [0.3, 0.4) is 0 Å². The summed E-state index contributed by atoms with van der Waals surface area (Å²) in [4.78, 5) is 24.0. The monoisotopic (exact) mass is 530 g/mol. The van der Waals surface area contributed by atoms with Crippen molar-refractivity contribution in [2.45, 2.75) is 19.8 Å². The van der Waals surface area contributed by atoms with Gasteiger partial charge in [-0.3, -0.25) is 4.57 Å². The van der Waals surface area contributed by atoms with Gasteiger partial charge in [-0.05, 0) is 19.1 Å². The van der Waals surface area contributed by atoms with Crippen LogP contribution >= 0.6 is 23.2 Å². The molecule has 0 spiro atoms. The molecule has 6 rings (SSSR count). The lowest BCUT2D eigenvalue weighted by molar-refractivity contribution is 0.122. The summed E-state index contributed by atoms with van der Waals surface area (Å²) in [6.45, 7) is 4.29. The fourth-order valence-corrected chi connectivity index (χ4v) is 4.38. The maximum absolute atomic E-state index is 13.8. The second kappa shape index (κ2) is 9.19. The first kappa shape index (κ1) is 23.0. The Bertz CT molecular complexity index is 1520. The third-order valence-electron chi connectivity index (χ3n) is 5.91. The number of imidazole rings is 2. The zero-order chi connectivity index (χ0) is 24.8. The van der Waals surface area contributed by atoms with E-state index >= 15 is 0 Å². The normalized spacial score (nSPS) is 15.2. The molecular weight excluding hydrogens is 510 g/mol. The van der Waals surface area contributed by atoms with E-state index in [2.05, 4.69) is 30.3 Å². The molecule has 11 nitrogen and oxygen atoms in total. The van der Waals surface area contributed by atoms with E-state index in [0.717, 1.165) is 5.52 Å². The highest BCUT2D eigenvalue weighted by Crippen LogP contribution is 2.28. The Morgan fingerprint density at radius 1 is 1.17 bits per heavy atom. The fourth-order valence-electron chi connectivity index (χ4n) is 4.06. The number of anilines is 2. The van der Waals surface area contributed by atoms with Crippen LogP contribution in [0.2, 0.25) is 10.0 Å². The number of nitrogens with zero attached hydrogens (tertiary/aromatic N) is 8. The average Bonchev–Trinajstić information content (AvgIpc) is 3.61. The van der Waals surface area contributed by atoms with E-state index in [0.29, 0.717) is 82.9 Å². The van der Waals surface area contributed by atoms with Crippen molar-refractivity contribution in [3.8, 4) is 5.69 Å². The Morgan fingerprint density at radius 2 is 1.97 bits per heavy atom. The lowest BCUT2D eigenvalue weighted by Gasteiger charge is -2.27. The van der Waals surface area contributed by atoms with E-state index in [9.17, 15) is 4.39 Å². The van der Waals surface area contributed by atoms with E-state index in [1.807, 2.05) is 0 Å². The number of aromatic nitrogens is 8. The first-order valence-corrected chi connectivity index (χ1v) is 12.1. The zero-order valence-corrected chi connectivity index (χ0v) is 20.6. The molecule has 5 aromatic rings. The second-order valence-corrected chi connectivity index (χ2v) is 9.15. The molecule has 0 saturated carbocycles.